The van der Waals surface area contributed by atoms with E-state index in [1.807, 2.05) is 0 Å². The van der Waals surface area contributed by atoms with Gasteiger partial charge in [-0.15, -0.1) is 0 Å². The van der Waals surface area contributed by atoms with E-state index in [0.717, 1.165) is 17.1 Å². The first-order valence-corrected chi connectivity index (χ1v) is 23.8. The topological polar surface area (TPSA) is 3.24 Å². The largest absolute Gasteiger partial charge is 0.310 e. The Morgan fingerprint density at radius 1 is 0.203 bits per heavy atom. The first kappa shape index (κ1) is 40.3. The van der Waals surface area contributed by atoms with Crippen molar-refractivity contribution >= 4 is 70.9 Å². The molecule has 13 aromatic carbocycles. The van der Waals surface area contributed by atoms with E-state index in [0.29, 0.717) is 0 Å². The molecule has 69 heavy (non-hydrogen) atoms. The summed E-state index contributed by atoms with van der Waals surface area (Å²) in [5.41, 5.74) is 15.5. The average Bonchev–Trinajstić information content (AvgIpc) is 3.43. The average molecular weight is 876 g/mol. The molecule has 0 unspecified atom stereocenters. The van der Waals surface area contributed by atoms with Gasteiger partial charge in [-0.05, 0) is 141 Å². The molecule has 1 heteroatoms. The van der Waals surface area contributed by atoms with E-state index in [4.69, 9.17) is 0 Å². The SMILES string of the molecule is c1ccc(-c2c(-c3ccccc3)c3cc(-c4ccc(N(c5ccc(-c6ccc(-c7cccc8ccccc78)cc6)cc5)c5cc6ccccc6c6ccccc56)cc4)ccc3c3ccccc23)cc1. The fourth-order valence-corrected chi connectivity index (χ4v) is 10.8. The first-order valence-electron chi connectivity index (χ1n) is 23.8. The van der Waals surface area contributed by atoms with Crippen molar-refractivity contribution in [1.29, 1.82) is 0 Å². The molecule has 13 aromatic rings. The van der Waals surface area contributed by atoms with Crippen LogP contribution < -0.4 is 4.90 Å². The van der Waals surface area contributed by atoms with Crippen LogP contribution in [0.25, 0.3) is 109 Å². The minimum atomic E-state index is 1.09. The number of rotatable bonds is 8. The van der Waals surface area contributed by atoms with Crippen LogP contribution in [0.4, 0.5) is 17.1 Å². The molecule has 0 fully saturated rings. The zero-order valence-corrected chi connectivity index (χ0v) is 37.9. The van der Waals surface area contributed by atoms with Crippen molar-refractivity contribution in [2.24, 2.45) is 0 Å². The van der Waals surface area contributed by atoms with Gasteiger partial charge in [0.1, 0.15) is 0 Å². The molecule has 0 amide bonds. The summed E-state index contributed by atoms with van der Waals surface area (Å²) in [5.74, 6) is 0. The summed E-state index contributed by atoms with van der Waals surface area (Å²) in [5, 5.41) is 12.5. The fraction of sp³-hybridized carbons (Fsp3) is 0. The number of anilines is 3. The van der Waals surface area contributed by atoms with Crippen LogP contribution in [0.1, 0.15) is 0 Å². The Morgan fingerprint density at radius 2 is 0.623 bits per heavy atom. The highest BCUT2D eigenvalue weighted by atomic mass is 15.1. The van der Waals surface area contributed by atoms with Gasteiger partial charge in [0.05, 0.1) is 5.69 Å². The highest BCUT2D eigenvalue weighted by molar-refractivity contribution is 6.22. The Kier molecular flexibility index (Phi) is 9.91. The maximum atomic E-state index is 2.43. The van der Waals surface area contributed by atoms with Gasteiger partial charge in [-0.25, -0.2) is 0 Å². The number of fused-ring (bicyclic) bond motifs is 7. The molecule has 0 aliphatic carbocycles. The molecule has 0 saturated carbocycles. The molecule has 0 bridgehead atoms. The van der Waals surface area contributed by atoms with Gasteiger partial charge in [-0.2, -0.15) is 0 Å². The molecule has 0 aliphatic rings. The van der Waals surface area contributed by atoms with Crippen molar-refractivity contribution in [2.75, 3.05) is 4.90 Å². The molecule has 0 aliphatic heterocycles. The van der Waals surface area contributed by atoms with Crippen LogP contribution in [0.15, 0.2) is 273 Å². The molecule has 0 heterocycles. The van der Waals surface area contributed by atoms with Gasteiger partial charge in [-0.3, -0.25) is 0 Å². The quantitative estimate of drug-likeness (QED) is 0.138. The summed E-state index contributed by atoms with van der Waals surface area (Å²) >= 11 is 0. The maximum Gasteiger partial charge on any atom is 0.0546 e. The number of nitrogens with zero attached hydrogens (tertiary/aromatic N) is 1. The van der Waals surface area contributed by atoms with E-state index in [1.165, 1.54) is 109 Å². The van der Waals surface area contributed by atoms with E-state index in [-0.39, 0.29) is 0 Å². The van der Waals surface area contributed by atoms with E-state index in [2.05, 4.69) is 278 Å². The molecule has 0 spiro atoms. The van der Waals surface area contributed by atoms with Gasteiger partial charge in [0, 0.05) is 16.8 Å². The van der Waals surface area contributed by atoms with Crippen molar-refractivity contribution in [1.82, 2.24) is 0 Å². The summed E-state index contributed by atoms with van der Waals surface area (Å²) in [6, 6.07) is 100.0. The summed E-state index contributed by atoms with van der Waals surface area (Å²) in [7, 11) is 0. The lowest BCUT2D eigenvalue weighted by Crippen LogP contribution is -2.10. The Bertz CT molecular complexity index is 4020. The Hall–Kier alpha value is -9.04. The van der Waals surface area contributed by atoms with Crippen molar-refractivity contribution in [3.63, 3.8) is 0 Å². The lowest BCUT2D eigenvalue weighted by Gasteiger charge is -2.28. The number of hydrogen-bond donors (Lipinski definition) is 0. The molecule has 0 saturated heterocycles. The van der Waals surface area contributed by atoms with E-state index < -0.39 is 0 Å². The van der Waals surface area contributed by atoms with Crippen LogP contribution in [0.3, 0.4) is 0 Å². The lowest BCUT2D eigenvalue weighted by molar-refractivity contribution is 1.30. The van der Waals surface area contributed by atoms with E-state index in [1.54, 1.807) is 0 Å². The van der Waals surface area contributed by atoms with Crippen LogP contribution in [0.5, 0.6) is 0 Å². The maximum absolute atomic E-state index is 2.43. The molecular formula is C68H45N. The monoisotopic (exact) mass is 875 g/mol. The molecule has 1 nitrogen and oxygen atoms in total. The Balaban J connectivity index is 0.928. The molecule has 13 rings (SSSR count). The first-order chi connectivity index (χ1) is 34.2. The second-order valence-electron chi connectivity index (χ2n) is 18.0. The van der Waals surface area contributed by atoms with Crippen molar-refractivity contribution in [3.05, 3.63) is 273 Å². The molecular weight excluding hydrogens is 831 g/mol. The van der Waals surface area contributed by atoms with E-state index >= 15 is 0 Å². The standard InChI is InChI=1S/C68H45N/c1-3-17-51(18-4-1)67-64-28-14-12-26-61(64)62-43-38-53(44-65(62)68(67)52-19-5-2-6-20-52)48-36-41-56(42-37-48)69(66-45-54-21-8-10-24-59(54)60-25-11-13-27-63(60)66)55-39-34-47(35-40-55)46-30-32-50(33-31-46)58-29-15-22-49-16-7-9-23-57(49)58/h1-45H. The zero-order valence-electron chi connectivity index (χ0n) is 37.9. The predicted molar refractivity (Wildman–Crippen MR) is 296 cm³/mol. The summed E-state index contributed by atoms with van der Waals surface area (Å²) in [4.78, 5) is 2.43. The third-order valence-corrected chi connectivity index (χ3v) is 14.0. The fourth-order valence-electron chi connectivity index (χ4n) is 10.8. The second-order valence-corrected chi connectivity index (χ2v) is 18.0. The lowest BCUT2D eigenvalue weighted by atomic mass is 9.84. The molecule has 0 N–H and O–H groups in total. The van der Waals surface area contributed by atoms with Crippen molar-refractivity contribution in [3.8, 4) is 55.6 Å². The Morgan fingerprint density at radius 3 is 1.26 bits per heavy atom. The van der Waals surface area contributed by atoms with Gasteiger partial charge in [0.15, 0.2) is 0 Å². The number of hydrogen-bond acceptors (Lipinski definition) is 1. The predicted octanol–water partition coefficient (Wildman–Crippen LogP) is 19.3. The summed E-state index contributed by atoms with van der Waals surface area (Å²) in [6.07, 6.45) is 0. The van der Waals surface area contributed by atoms with E-state index in [9.17, 15) is 0 Å². The molecule has 322 valence electrons. The van der Waals surface area contributed by atoms with Crippen LogP contribution in [-0.2, 0) is 0 Å². The molecule has 0 radical (unpaired) electrons. The van der Waals surface area contributed by atoms with Crippen LogP contribution in [-0.4, -0.2) is 0 Å². The summed E-state index contributed by atoms with van der Waals surface area (Å²) in [6.45, 7) is 0. The van der Waals surface area contributed by atoms with Gasteiger partial charge in [0.25, 0.3) is 0 Å². The minimum absolute atomic E-state index is 1.09. The van der Waals surface area contributed by atoms with Crippen LogP contribution in [0.2, 0.25) is 0 Å². The molecule has 0 aromatic heterocycles. The highest BCUT2D eigenvalue weighted by Crippen LogP contribution is 2.47. The molecule has 0 atom stereocenters. The Labute approximate surface area is 402 Å². The summed E-state index contributed by atoms with van der Waals surface area (Å²) < 4.78 is 0. The van der Waals surface area contributed by atoms with Gasteiger partial charge >= 0.3 is 0 Å². The minimum Gasteiger partial charge on any atom is -0.310 e. The van der Waals surface area contributed by atoms with Gasteiger partial charge in [0.2, 0.25) is 0 Å². The van der Waals surface area contributed by atoms with Crippen LogP contribution >= 0.6 is 0 Å². The van der Waals surface area contributed by atoms with Crippen LogP contribution in [0, 0.1) is 0 Å². The smallest absolute Gasteiger partial charge is 0.0546 e. The van der Waals surface area contributed by atoms with Gasteiger partial charge < -0.3 is 4.90 Å². The third-order valence-electron chi connectivity index (χ3n) is 14.0. The number of benzene rings is 13. The third kappa shape index (κ3) is 7.12. The second kappa shape index (κ2) is 17.0. The zero-order chi connectivity index (χ0) is 45.7. The van der Waals surface area contributed by atoms with Crippen molar-refractivity contribution < 1.29 is 0 Å². The normalized spacial score (nSPS) is 11.5. The highest BCUT2D eigenvalue weighted by Gasteiger charge is 2.20. The van der Waals surface area contributed by atoms with Gasteiger partial charge in [-0.1, -0.05) is 237 Å². The van der Waals surface area contributed by atoms with Crippen molar-refractivity contribution in [2.45, 2.75) is 0 Å².